The predicted molar refractivity (Wildman–Crippen MR) is 309 cm³/mol. The molecule has 2 aliphatic heterocycles. The summed E-state index contributed by atoms with van der Waals surface area (Å²) in [5.41, 5.74) is 6.88. The van der Waals surface area contributed by atoms with Crippen molar-refractivity contribution in [3.8, 4) is 0 Å². The van der Waals surface area contributed by atoms with E-state index in [1.165, 1.54) is 6.92 Å². The first kappa shape index (κ1) is 67.0. The van der Waals surface area contributed by atoms with Crippen molar-refractivity contribution in [1.82, 2.24) is 65.8 Å². The summed E-state index contributed by atoms with van der Waals surface area (Å²) in [7, 11) is 0. The molecule has 2 heterocycles. The van der Waals surface area contributed by atoms with Crippen LogP contribution in [0.25, 0.3) is 0 Å². The van der Waals surface area contributed by atoms with Gasteiger partial charge in [-0.1, -0.05) is 65.8 Å². The minimum atomic E-state index is -0.890. The first-order valence-corrected chi connectivity index (χ1v) is 29.6. The zero-order chi connectivity index (χ0) is 56.5. The number of carbonyl (C=O) groups is 6. The number of amides is 6. The van der Waals surface area contributed by atoms with Crippen LogP contribution < -0.4 is 32.3 Å². The van der Waals surface area contributed by atoms with Crippen LogP contribution in [0.1, 0.15) is 118 Å². The lowest BCUT2D eigenvalue weighted by Gasteiger charge is -2.36. The Labute approximate surface area is 464 Å². The van der Waals surface area contributed by atoms with E-state index in [9.17, 15) is 28.8 Å². The van der Waals surface area contributed by atoms with Crippen LogP contribution in [0, 0.1) is 0 Å². The Morgan fingerprint density at radius 1 is 0.442 bits per heavy atom. The summed E-state index contributed by atoms with van der Waals surface area (Å²) >= 11 is 0. The van der Waals surface area contributed by atoms with Crippen molar-refractivity contribution >= 4 is 35.4 Å². The molecule has 0 bridgehead atoms. The molecule has 20 nitrogen and oxygen atoms in total. The number of carbonyl (C=O) groups excluding carboxylic acids is 6. The molecule has 0 aromatic heterocycles. The van der Waals surface area contributed by atoms with Crippen LogP contribution >= 0.6 is 0 Å². The molecular weight excluding hydrogens is 977 g/mol. The van der Waals surface area contributed by atoms with Crippen LogP contribution in [0.4, 0.5) is 0 Å². The smallest absolute Gasteiger partial charge is 0.242 e. The number of rotatable bonds is 28. The van der Waals surface area contributed by atoms with E-state index >= 15 is 0 Å². The fourth-order valence-electron chi connectivity index (χ4n) is 10.1. The Morgan fingerprint density at radius 3 is 1.09 bits per heavy atom. The van der Waals surface area contributed by atoms with Crippen molar-refractivity contribution in [2.24, 2.45) is 5.73 Å². The zero-order valence-corrected chi connectivity index (χ0v) is 49.4. The molecule has 0 saturated carbocycles. The number of nitrogens with zero attached hydrogens (tertiary/aromatic N) is 8. The molecule has 6 amide bonds. The molecule has 440 valence electrons. The third kappa shape index (κ3) is 27.4. The molecule has 1 aromatic rings. The number of hydrogen-bond donors (Lipinski definition) is 6. The number of hydrogen-bond acceptors (Lipinski definition) is 14. The topological polar surface area (TPSA) is 215 Å². The molecule has 0 radical (unpaired) electrons. The van der Waals surface area contributed by atoms with E-state index in [4.69, 9.17) is 5.73 Å². The zero-order valence-electron chi connectivity index (χ0n) is 49.4. The summed E-state index contributed by atoms with van der Waals surface area (Å²) in [6.45, 7) is 42.0. The van der Waals surface area contributed by atoms with Crippen LogP contribution in [-0.4, -0.2) is 249 Å². The quantitative estimate of drug-likeness (QED) is 0.0704. The molecule has 3 unspecified atom stereocenters. The van der Waals surface area contributed by atoms with Gasteiger partial charge in [0.15, 0.2) is 0 Å². The summed E-state index contributed by atoms with van der Waals surface area (Å²) in [4.78, 5) is 97.5. The maximum Gasteiger partial charge on any atom is 0.242 e. The van der Waals surface area contributed by atoms with Crippen molar-refractivity contribution in [3.05, 3.63) is 35.4 Å². The maximum atomic E-state index is 14.0. The molecule has 2 fully saturated rings. The van der Waals surface area contributed by atoms with Gasteiger partial charge in [-0.05, 0) is 89.9 Å². The Bertz CT molecular complexity index is 1820. The second kappa shape index (κ2) is 38.3. The normalized spacial score (nSPS) is 19.2. The first-order valence-electron chi connectivity index (χ1n) is 29.6. The molecule has 2 aliphatic rings. The molecule has 1 aromatic carbocycles. The lowest BCUT2D eigenvalue weighted by molar-refractivity contribution is -0.129. The van der Waals surface area contributed by atoms with Gasteiger partial charge in [-0.3, -0.25) is 38.6 Å². The highest BCUT2D eigenvalue weighted by Gasteiger charge is 2.25. The van der Waals surface area contributed by atoms with E-state index in [1.807, 2.05) is 24.3 Å². The molecule has 0 spiro atoms. The van der Waals surface area contributed by atoms with Crippen molar-refractivity contribution in [1.29, 1.82) is 0 Å². The Balaban J connectivity index is 1.66. The van der Waals surface area contributed by atoms with Gasteiger partial charge in [-0.25, -0.2) is 0 Å². The van der Waals surface area contributed by atoms with E-state index in [1.54, 1.807) is 0 Å². The largest absolute Gasteiger partial charge is 0.370 e. The average molecular weight is 1080 g/mol. The second-order valence-electron chi connectivity index (χ2n) is 21.2. The predicted octanol–water partition coefficient (Wildman–Crippen LogP) is 1.58. The summed E-state index contributed by atoms with van der Waals surface area (Å²) in [6.07, 6.45) is 2.27. The van der Waals surface area contributed by atoms with Crippen molar-refractivity contribution in [2.75, 3.05) is 151 Å². The number of nitrogens with two attached hydrogens (primary N) is 1. The average Bonchev–Trinajstić information content (AvgIpc) is 3.41. The standard InChI is InChI=1S/C57H106N14O6/c1-10-64-28-32-66(12-3)36-40-70(41-37-67(13-4)33-29-64)46(7)16-24-54(74)59-27-26-52(57(77)61-45-50-20-18-49(19-21-50)44-60-56(76)51(62-48(9)72)22-23-53(58)73)63-55(75)25-17-47(8)71-42-38-68(14-5)34-30-65(11-2)31-35-69(15-6)39-43-71/h18-21,46-47,51-52H,10-17,22-45H2,1-9H3,(H2,58,73)(H,59,74)(H,60,76)(H,61,77)(H,62,72)(H,63,75)/t46?,47?,51?,52-/m0/s1. The van der Waals surface area contributed by atoms with E-state index in [2.05, 4.69) is 121 Å². The van der Waals surface area contributed by atoms with Gasteiger partial charge in [-0.2, -0.15) is 0 Å². The molecule has 2 saturated heterocycles. The number of benzene rings is 1. The van der Waals surface area contributed by atoms with Crippen LogP contribution in [0.3, 0.4) is 0 Å². The molecule has 7 N–H and O–H groups in total. The molecule has 20 heteroatoms. The van der Waals surface area contributed by atoms with Gasteiger partial charge in [-0.15, -0.1) is 0 Å². The molecule has 4 atom stereocenters. The Hall–Kier alpha value is -4.28. The van der Waals surface area contributed by atoms with Gasteiger partial charge in [0.05, 0.1) is 0 Å². The van der Waals surface area contributed by atoms with Crippen molar-refractivity contribution in [2.45, 2.75) is 145 Å². The fourth-order valence-corrected chi connectivity index (χ4v) is 10.1. The van der Waals surface area contributed by atoms with E-state index < -0.39 is 23.9 Å². The van der Waals surface area contributed by atoms with Gasteiger partial charge in [0, 0.05) is 163 Å². The van der Waals surface area contributed by atoms with Crippen LogP contribution in [0.15, 0.2) is 24.3 Å². The lowest BCUT2D eigenvalue weighted by atomic mass is 10.1. The van der Waals surface area contributed by atoms with E-state index in [0.717, 1.165) is 155 Å². The summed E-state index contributed by atoms with van der Waals surface area (Å²) in [5.74, 6) is -1.98. The van der Waals surface area contributed by atoms with Crippen LogP contribution in [-0.2, 0) is 41.9 Å². The minimum Gasteiger partial charge on any atom is -0.370 e. The highest BCUT2D eigenvalue weighted by Crippen LogP contribution is 2.13. The lowest BCUT2D eigenvalue weighted by Crippen LogP contribution is -2.49. The molecular formula is C57H106N14O6. The SMILES string of the molecule is CCN1CCN(CC)CCN(C(C)CCC(=O)NCC[C@H](NC(=O)CCC(C)N2CCN(CC)CCN(CC)CCN(CC)CC2)C(=O)NCc2ccc(CNC(=O)C(CCC(N)=O)NC(C)=O)cc2)CCN(CC)CC1. The monoisotopic (exact) mass is 1080 g/mol. The summed E-state index contributed by atoms with van der Waals surface area (Å²) in [6, 6.07) is 6.00. The number of nitrogens with one attached hydrogen (secondary N) is 5. The minimum absolute atomic E-state index is 0.0426. The number of primary amides is 1. The molecule has 3 rings (SSSR count). The Morgan fingerprint density at radius 2 is 0.766 bits per heavy atom. The molecule has 77 heavy (non-hydrogen) atoms. The van der Waals surface area contributed by atoms with Gasteiger partial charge in [0.25, 0.3) is 0 Å². The maximum absolute atomic E-state index is 14.0. The molecule has 0 aliphatic carbocycles. The first-order chi connectivity index (χ1) is 37.0. The van der Waals surface area contributed by atoms with Gasteiger partial charge < -0.3 is 61.7 Å². The fraction of sp³-hybridized carbons (Fsp3) is 0.789. The van der Waals surface area contributed by atoms with E-state index in [0.29, 0.717) is 19.3 Å². The highest BCUT2D eigenvalue weighted by molar-refractivity contribution is 5.88. The Kier molecular flexibility index (Phi) is 33.4. The third-order valence-electron chi connectivity index (χ3n) is 16.0. The van der Waals surface area contributed by atoms with Crippen LogP contribution in [0.2, 0.25) is 0 Å². The van der Waals surface area contributed by atoms with Gasteiger partial charge in [0.1, 0.15) is 12.1 Å². The number of likely N-dealkylation sites (N-methyl/N-ethyl adjacent to an activating group) is 6. The summed E-state index contributed by atoms with van der Waals surface area (Å²) in [5, 5.41) is 14.5. The van der Waals surface area contributed by atoms with Crippen molar-refractivity contribution < 1.29 is 28.8 Å². The summed E-state index contributed by atoms with van der Waals surface area (Å²) < 4.78 is 0. The van der Waals surface area contributed by atoms with Gasteiger partial charge in [0.2, 0.25) is 35.4 Å². The van der Waals surface area contributed by atoms with Crippen molar-refractivity contribution in [3.63, 3.8) is 0 Å². The second-order valence-corrected chi connectivity index (χ2v) is 21.2. The highest BCUT2D eigenvalue weighted by atomic mass is 16.2. The third-order valence-corrected chi connectivity index (χ3v) is 16.0. The van der Waals surface area contributed by atoms with Crippen LogP contribution in [0.5, 0.6) is 0 Å². The van der Waals surface area contributed by atoms with Gasteiger partial charge >= 0.3 is 0 Å². The van der Waals surface area contributed by atoms with E-state index in [-0.39, 0.29) is 81.0 Å².